The van der Waals surface area contributed by atoms with Crippen LogP contribution >= 0.6 is 11.8 Å². The molecule has 3 rings (SSSR count). The van der Waals surface area contributed by atoms with Gasteiger partial charge in [0.1, 0.15) is 0 Å². The van der Waals surface area contributed by atoms with Crippen LogP contribution in [0.2, 0.25) is 0 Å². The number of β-amino-alcohol motifs (C(OH)–C–C–N with tert-alkyl or cyclic N) is 2. The van der Waals surface area contributed by atoms with Gasteiger partial charge in [-0.3, -0.25) is 9.59 Å². The van der Waals surface area contributed by atoms with Crippen molar-refractivity contribution in [3.8, 4) is 0 Å². The zero-order valence-corrected chi connectivity index (χ0v) is 11.4. The van der Waals surface area contributed by atoms with E-state index in [0.29, 0.717) is 17.0 Å². The summed E-state index contributed by atoms with van der Waals surface area (Å²) in [4.78, 5) is 26.0. The van der Waals surface area contributed by atoms with Gasteiger partial charge in [-0.15, -0.1) is 11.8 Å². The summed E-state index contributed by atoms with van der Waals surface area (Å²) >= 11 is 1.43. The first-order valence-corrected chi connectivity index (χ1v) is 7.25. The normalized spacial score (nSPS) is 25.3. The molecule has 106 valence electrons. The van der Waals surface area contributed by atoms with Gasteiger partial charge in [-0.25, -0.2) is 0 Å². The Morgan fingerprint density at radius 2 is 2.00 bits per heavy atom. The maximum absolute atomic E-state index is 12.3. The molecule has 1 saturated heterocycles. The molecule has 2 aliphatic rings. The number of thioether (sulfide) groups is 1. The van der Waals surface area contributed by atoms with E-state index in [9.17, 15) is 19.8 Å². The minimum Gasteiger partial charge on any atom is -0.388 e. The molecule has 2 atom stereocenters. The number of aliphatic hydroxyl groups excluding tert-OH is 2. The smallest absolute Gasteiger partial charge is 0.254 e. The first-order chi connectivity index (χ1) is 9.54. The zero-order valence-electron chi connectivity index (χ0n) is 10.6. The Kier molecular flexibility index (Phi) is 3.41. The van der Waals surface area contributed by atoms with Gasteiger partial charge in [0.25, 0.3) is 5.91 Å². The molecule has 1 aromatic carbocycles. The monoisotopic (exact) mass is 294 g/mol. The molecular formula is C13H14N2O4S. The van der Waals surface area contributed by atoms with E-state index in [0.717, 1.165) is 4.90 Å². The van der Waals surface area contributed by atoms with Crippen LogP contribution in [0.1, 0.15) is 10.4 Å². The first-order valence-electron chi connectivity index (χ1n) is 6.26. The van der Waals surface area contributed by atoms with Crippen molar-refractivity contribution in [2.24, 2.45) is 0 Å². The lowest BCUT2D eigenvalue weighted by Gasteiger charge is -2.19. The Labute approximate surface area is 119 Å². The Morgan fingerprint density at radius 1 is 1.30 bits per heavy atom. The molecule has 0 aliphatic carbocycles. The van der Waals surface area contributed by atoms with E-state index in [-0.39, 0.29) is 24.9 Å². The van der Waals surface area contributed by atoms with Gasteiger partial charge in [0.2, 0.25) is 5.91 Å². The summed E-state index contributed by atoms with van der Waals surface area (Å²) in [6.07, 6.45) is -1.79. The number of aliphatic hydroxyl groups is 2. The fourth-order valence-electron chi connectivity index (χ4n) is 2.33. The van der Waals surface area contributed by atoms with E-state index < -0.39 is 12.2 Å². The second kappa shape index (κ2) is 5.08. The largest absolute Gasteiger partial charge is 0.388 e. The fourth-order valence-corrected chi connectivity index (χ4v) is 3.12. The molecule has 3 N–H and O–H groups in total. The molecule has 0 aromatic heterocycles. The van der Waals surface area contributed by atoms with Crippen LogP contribution in [-0.4, -0.2) is 58.0 Å². The molecule has 2 heterocycles. The highest BCUT2D eigenvalue weighted by molar-refractivity contribution is 8.00. The number of amides is 2. The third kappa shape index (κ3) is 2.39. The lowest BCUT2D eigenvalue weighted by molar-refractivity contribution is -0.113. The predicted octanol–water partition coefficient (Wildman–Crippen LogP) is -0.0916. The van der Waals surface area contributed by atoms with Crippen LogP contribution < -0.4 is 5.32 Å². The number of hydrogen-bond acceptors (Lipinski definition) is 5. The Bertz CT molecular complexity index is 567. The van der Waals surface area contributed by atoms with Crippen molar-refractivity contribution in [1.29, 1.82) is 0 Å². The standard InChI is InChI=1S/C13H14N2O4S/c16-9-4-15(5-10(9)17)13(19)7-1-2-11-8(3-7)14-12(18)6-20-11/h1-3,9-10,16-17H,4-6H2,(H,14,18)/t9-,10+. The van der Waals surface area contributed by atoms with E-state index in [2.05, 4.69) is 5.32 Å². The quantitative estimate of drug-likeness (QED) is 0.673. The van der Waals surface area contributed by atoms with E-state index in [1.54, 1.807) is 18.2 Å². The van der Waals surface area contributed by atoms with Gasteiger partial charge < -0.3 is 20.4 Å². The van der Waals surface area contributed by atoms with Crippen LogP contribution in [0.5, 0.6) is 0 Å². The van der Waals surface area contributed by atoms with Crippen LogP contribution in [-0.2, 0) is 4.79 Å². The van der Waals surface area contributed by atoms with Gasteiger partial charge in [-0.2, -0.15) is 0 Å². The predicted molar refractivity (Wildman–Crippen MR) is 73.7 cm³/mol. The summed E-state index contributed by atoms with van der Waals surface area (Å²) in [6.45, 7) is 0.246. The lowest BCUT2D eigenvalue weighted by atomic mass is 10.1. The summed E-state index contributed by atoms with van der Waals surface area (Å²) in [7, 11) is 0. The molecule has 0 spiro atoms. The molecular weight excluding hydrogens is 280 g/mol. The van der Waals surface area contributed by atoms with Crippen molar-refractivity contribution in [1.82, 2.24) is 4.90 Å². The number of rotatable bonds is 1. The SMILES string of the molecule is O=C1CSc2ccc(C(=O)N3C[C@@H](O)[C@@H](O)C3)cc2N1. The second-order valence-electron chi connectivity index (χ2n) is 4.89. The summed E-state index contributed by atoms with van der Waals surface area (Å²) < 4.78 is 0. The Hall–Kier alpha value is -1.57. The number of anilines is 1. The third-order valence-electron chi connectivity index (χ3n) is 3.41. The average molecular weight is 294 g/mol. The lowest BCUT2D eigenvalue weighted by Crippen LogP contribution is -2.30. The van der Waals surface area contributed by atoms with Crippen LogP contribution in [0, 0.1) is 0 Å². The number of likely N-dealkylation sites (tertiary alicyclic amines) is 1. The van der Waals surface area contributed by atoms with Crippen molar-refractivity contribution < 1.29 is 19.8 Å². The van der Waals surface area contributed by atoms with Gasteiger partial charge in [0.15, 0.2) is 0 Å². The highest BCUT2D eigenvalue weighted by atomic mass is 32.2. The molecule has 7 heteroatoms. The molecule has 0 radical (unpaired) electrons. The number of carbonyl (C=O) groups excluding carboxylic acids is 2. The topological polar surface area (TPSA) is 89.9 Å². The van der Waals surface area contributed by atoms with Crippen LogP contribution in [0.25, 0.3) is 0 Å². The summed E-state index contributed by atoms with van der Waals surface area (Å²) in [5, 5.41) is 21.7. The van der Waals surface area contributed by atoms with Gasteiger partial charge in [0, 0.05) is 23.5 Å². The molecule has 2 amide bonds. The fraction of sp³-hybridized carbons (Fsp3) is 0.385. The molecule has 20 heavy (non-hydrogen) atoms. The first kappa shape index (κ1) is 13.4. The van der Waals surface area contributed by atoms with Gasteiger partial charge in [-0.05, 0) is 18.2 Å². The van der Waals surface area contributed by atoms with E-state index in [1.165, 1.54) is 16.7 Å². The zero-order chi connectivity index (χ0) is 14.3. The molecule has 1 fully saturated rings. The molecule has 2 aliphatic heterocycles. The van der Waals surface area contributed by atoms with Crippen molar-refractivity contribution in [3.63, 3.8) is 0 Å². The number of carbonyl (C=O) groups is 2. The maximum Gasteiger partial charge on any atom is 0.254 e. The van der Waals surface area contributed by atoms with Crippen LogP contribution in [0.3, 0.4) is 0 Å². The highest BCUT2D eigenvalue weighted by Gasteiger charge is 2.33. The summed E-state index contributed by atoms with van der Waals surface area (Å²) in [6, 6.07) is 5.14. The minimum atomic E-state index is -0.896. The van der Waals surface area contributed by atoms with Gasteiger partial charge in [0.05, 0.1) is 23.6 Å². The minimum absolute atomic E-state index is 0.0842. The van der Waals surface area contributed by atoms with Gasteiger partial charge >= 0.3 is 0 Å². The van der Waals surface area contributed by atoms with E-state index in [1.807, 2.05) is 0 Å². The maximum atomic E-state index is 12.3. The number of fused-ring (bicyclic) bond motifs is 1. The molecule has 0 bridgehead atoms. The molecule has 6 nitrogen and oxygen atoms in total. The number of benzene rings is 1. The number of nitrogens with one attached hydrogen (secondary N) is 1. The Morgan fingerprint density at radius 3 is 2.70 bits per heavy atom. The Balaban J connectivity index is 1.82. The summed E-state index contributed by atoms with van der Waals surface area (Å²) in [5.74, 6) is 0.0393. The van der Waals surface area contributed by atoms with E-state index in [4.69, 9.17) is 0 Å². The summed E-state index contributed by atoms with van der Waals surface area (Å²) in [5.41, 5.74) is 1.07. The average Bonchev–Trinajstić information content (AvgIpc) is 2.77. The van der Waals surface area contributed by atoms with E-state index >= 15 is 0 Å². The molecule has 0 unspecified atom stereocenters. The van der Waals surface area contributed by atoms with Crippen molar-refractivity contribution in [2.75, 3.05) is 24.2 Å². The molecule has 0 saturated carbocycles. The van der Waals surface area contributed by atoms with Gasteiger partial charge in [-0.1, -0.05) is 0 Å². The number of nitrogens with zero attached hydrogens (tertiary/aromatic N) is 1. The second-order valence-corrected chi connectivity index (χ2v) is 5.91. The van der Waals surface area contributed by atoms with Crippen molar-refractivity contribution in [2.45, 2.75) is 17.1 Å². The highest BCUT2D eigenvalue weighted by Crippen LogP contribution is 2.32. The third-order valence-corrected chi connectivity index (χ3v) is 4.48. The van der Waals surface area contributed by atoms with Crippen LogP contribution in [0.15, 0.2) is 23.1 Å². The number of hydrogen-bond donors (Lipinski definition) is 3. The van der Waals surface area contributed by atoms with Crippen LogP contribution in [0.4, 0.5) is 5.69 Å². The van der Waals surface area contributed by atoms with Crippen molar-refractivity contribution >= 4 is 29.3 Å². The van der Waals surface area contributed by atoms with Crippen molar-refractivity contribution in [3.05, 3.63) is 23.8 Å². The molecule has 1 aromatic rings.